The molecule has 120 valence electrons. The molecule has 2 heterocycles. The molecule has 1 fully saturated rings. The highest BCUT2D eigenvalue weighted by Gasteiger charge is 2.28. The number of benzene rings is 1. The van der Waals surface area contributed by atoms with Crippen molar-refractivity contribution in [3.05, 3.63) is 54.4 Å². The van der Waals surface area contributed by atoms with E-state index >= 15 is 0 Å². The Kier molecular flexibility index (Phi) is 5.25. The molecule has 0 bridgehead atoms. The van der Waals surface area contributed by atoms with Gasteiger partial charge in [-0.25, -0.2) is 9.97 Å². The standard InChI is InChI=1S/C17H20N4OS/c1-13(16(22)20-17-18-8-5-9-19-17)21-10-11-23-15(12-21)14-6-3-2-4-7-14/h2-9,13,15H,10-12H2,1H3,(H,18,19,20,22)/t13-,15-/m1/s1. The Bertz CT molecular complexity index is 638. The van der Waals surface area contributed by atoms with Crippen LogP contribution in [0.15, 0.2) is 48.8 Å². The number of thioether (sulfide) groups is 1. The Hall–Kier alpha value is -1.92. The lowest BCUT2D eigenvalue weighted by Crippen LogP contribution is -2.46. The number of carbonyl (C=O) groups is 1. The van der Waals surface area contributed by atoms with Crippen molar-refractivity contribution < 1.29 is 4.79 Å². The van der Waals surface area contributed by atoms with Crippen molar-refractivity contribution in [2.24, 2.45) is 0 Å². The molecule has 3 rings (SSSR count). The van der Waals surface area contributed by atoms with E-state index in [9.17, 15) is 4.79 Å². The van der Waals surface area contributed by atoms with Gasteiger partial charge < -0.3 is 0 Å². The molecule has 5 nitrogen and oxygen atoms in total. The van der Waals surface area contributed by atoms with E-state index in [0.29, 0.717) is 11.2 Å². The first-order valence-corrected chi connectivity index (χ1v) is 8.77. The number of aromatic nitrogens is 2. The molecule has 0 aliphatic carbocycles. The van der Waals surface area contributed by atoms with E-state index in [2.05, 4.69) is 44.5 Å². The van der Waals surface area contributed by atoms with Gasteiger partial charge in [0, 0.05) is 36.5 Å². The van der Waals surface area contributed by atoms with Crippen LogP contribution in [0.3, 0.4) is 0 Å². The summed E-state index contributed by atoms with van der Waals surface area (Å²) in [7, 11) is 0. The number of hydrogen-bond donors (Lipinski definition) is 1. The second-order valence-electron chi connectivity index (χ2n) is 5.50. The number of carbonyl (C=O) groups excluding carboxylic acids is 1. The number of hydrogen-bond acceptors (Lipinski definition) is 5. The lowest BCUT2D eigenvalue weighted by atomic mass is 10.1. The molecule has 6 heteroatoms. The Morgan fingerprint density at radius 1 is 1.26 bits per heavy atom. The van der Waals surface area contributed by atoms with Crippen LogP contribution in [0.25, 0.3) is 0 Å². The number of amides is 1. The maximum absolute atomic E-state index is 12.4. The van der Waals surface area contributed by atoms with Crippen LogP contribution in [0.4, 0.5) is 5.95 Å². The van der Waals surface area contributed by atoms with Gasteiger partial charge in [0.2, 0.25) is 11.9 Å². The minimum Gasteiger partial charge on any atom is -0.293 e. The second-order valence-corrected chi connectivity index (χ2v) is 6.81. The summed E-state index contributed by atoms with van der Waals surface area (Å²) in [6.07, 6.45) is 3.24. The quantitative estimate of drug-likeness (QED) is 0.935. The molecule has 0 saturated carbocycles. The van der Waals surface area contributed by atoms with Crippen molar-refractivity contribution in [2.45, 2.75) is 18.2 Å². The van der Waals surface area contributed by atoms with Crippen LogP contribution in [0.1, 0.15) is 17.7 Å². The Labute approximate surface area is 140 Å². The fourth-order valence-electron chi connectivity index (χ4n) is 2.63. The summed E-state index contributed by atoms with van der Waals surface area (Å²) < 4.78 is 0. The average molecular weight is 328 g/mol. The largest absolute Gasteiger partial charge is 0.293 e. The fraction of sp³-hybridized carbons (Fsp3) is 0.353. The van der Waals surface area contributed by atoms with Crippen molar-refractivity contribution in [3.63, 3.8) is 0 Å². The van der Waals surface area contributed by atoms with Crippen molar-refractivity contribution >= 4 is 23.6 Å². The maximum atomic E-state index is 12.4. The first kappa shape index (κ1) is 16.0. The Morgan fingerprint density at radius 3 is 2.74 bits per heavy atom. The third-order valence-electron chi connectivity index (χ3n) is 4.00. The van der Waals surface area contributed by atoms with Gasteiger partial charge in [-0.3, -0.25) is 15.0 Å². The normalized spacial score (nSPS) is 20.0. The molecule has 1 aliphatic rings. The van der Waals surface area contributed by atoms with E-state index in [1.807, 2.05) is 24.8 Å². The van der Waals surface area contributed by atoms with Crippen molar-refractivity contribution in [1.82, 2.24) is 14.9 Å². The van der Waals surface area contributed by atoms with Crippen LogP contribution in [-0.4, -0.2) is 45.7 Å². The number of nitrogens with one attached hydrogen (secondary N) is 1. The number of anilines is 1. The molecule has 1 N–H and O–H groups in total. The third kappa shape index (κ3) is 4.09. The zero-order valence-electron chi connectivity index (χ0n) is 13.1. The monoisotopic (exact) mass is 328 g/mol. The molecular formula is C17H20N4OS. The van der Waals surface area contributed by atoms with Crippen LogP contribution in [0.2, 0.25) is 0 Å². The van der Waals surface area contributed by atoms with Gasteiger partial charge in [0.05, 0.1) is 6.04 Å². The van der Waals surface area contributed by atoms with Crippen LogP contribution in [0.5, 0.6) is 0 Å². The summed E-state index contributed by atoms with van der Waals surface area (Å²) in [5, 5.41) is 3.19. The first-order chi connectivity index (χ1) is 11.2. The predicted octanol–water partition coefficient (Wildman–Crippen LogP) is 2.59. The highest BCUT2D eigenvalue weighted by atomic mass is 32.2. The topological polar surface area (TPSA) is 58.1 Å². The first-order valence-electron chi connectivity index (χ1n) is 7.72. The molecule has 0 spiro atoms. The number of rotatable bonds is 4. The summed E-state index contributed by atoms with van der Waals surface area (Å²) in [5.74, 6) is 1.32. The molecule has 1 saturated heterocycles. The minimum absolute atomic E-state index is 0.0603. The molecule has 0 unspecified atom stereocenters. The highest BCUT2D eigenvalue weighted by molar-refractivity contribution is 7.99. The predicted molar refractivity (Wildman–Crippen MR) is 93.3 cm³/mol. The summed E-state index contributed by atoms with van der Waals surface area (Å²) in [5.41, 5.74) is 1.32. The van der Waals surface area contributed by atoms with E-state index in [4.69, 9.17) is 0 Å². The molecule has 23 heavy (non-hydrogen) atoms. The summed E-state index contributed by atoms with van der Waals surface area (Å²) in [4.78, 5) is 22.7. The second kappa shape index (κ2) is 7.57. The van der Waals surface area contributed by atoms with Gasteiger partial charge >= 0.3 is 0 Å². The summed E-state index contributed by atoms with van der Waals surface area (Å²) in [6, 6.07) is 12.0. The fourth-order valence-corrected chi connectivity index (χ4v) is 3.91. The van der Waals surface area contributed by atoms with Gasteiger partial charge in [-0.15, -0.1) is 0 Å². The van der Waals surface area contributed by atoms with E-state index in [0.717, 1.165) is 18.8 Å². The van der Waals surface area contributed by atoms with Crippen LogP contribution < -0.4 is 5.32 Å². The van der Waals surface area contributed by atoms with Crippen LogP contribution in [-0.2, 0) is 4.79 Å². The Balaban J connectivity index is 1.62. The van der Waals surface area contributed by atoms with Crippen LogP contribution in [0, 0.1) is 0 Å². The van der Waals surface area contributed by atoms with Gasteiger partial charge in [0.15, 0.2) is 0 Å². The average Bonchev–Trinajstić information content (AvgIpc) is 2.63. The molecule has 2 aromatic rings. The SMILES string of the molecule is C[C@H](C(=O)Nc1ncccn1)N1CCS[C@@H](c2ccccc2)C1. The van der Waals surface area contributed by atoms with Crippen LogP contribution >= 0.6 is 11.8 Å². The summed E-state index contributed by atoms with van der Waals surface area (Å²) >= 11 is 1.96. The minimum atomic E-state index is -0.203. The lowest BCUT2D eigenvalue weighted by Gasteiger charge is -2.35. The zero-order chi connectivity index (χ0) is 16.1. The Morgan fingerprint density at radius 2 is 2.00 bits per heavy atom. The van der Waals surface area contributed by atoms with E-state index in [1.54, 1.807) is 18.5 Å². The van der Waals surface area contributed by atoms with Crippen molar-refractivity contribution in [2.75, 3.05) is 24.2 Å². The summed E-state index contributed by atoms with van der Waals surface area (Å²) in [6.45, 7) is 3.73. The van der Waals surface area contributed by atoms with Crippen molar-refractivity contribution in [3.8, 4) is 0 Å². The lowest BCUT2D eigenvalue weighted by molar-refractivity contribution is -0.120. The van der Waals surface area contributed by atoms with E-state index in [1.165, 1.54) is 5.56 Å². The zero-order valence-corrected chi connectivity index (χ0v) is 13.9. The molecule has 1 aromatic carbocycles. The van der Waals surface area contributed by atoms with Gasteiger partial charge in [-0.1, -0.05) is 30.3 Å². The smallest absolute Gasteiger partial charge is 0.243 e. The third-order valence-corrected chi connectivity index (χ3v) is 5.24. The molecule has 1 aromatic heterocycles. The van der Waals surface area contributed by atoms with Crippen molar-refractivity contribution in [1.29, 1.82) is 0 Å². The number of nitrogens with zero attached hydrogens (tertiary/aromatic N) is 3. The molecule has 1 aliphatic heterocycles. The van der Waals surface area contributed by atoms with E-state index < -0.39 is 0 Å². The highest BCUT2D eigenvalue weighted by Crippen LogP contribution is 2.33. The van der Waals surface area contributed by atoms with Gasteiger partial charge in [-0.2, -0.15) is 11.8 Å². The molecule has 0 radical (unpaired) electrons. The molecular weight excluding hydrogens is 308 g/mol. The van der Waals surface area contributed by atoms with Gasteiger partial charge in [0.1, 0.15) is 0 Å². The van der Waals surface area contributed by atoms with E-state index in [-0.39, 0.29) is 11.9 Å². The van der Waals surface area contributed by atoms with Gasteiger partial charge in [-0.05, 0) is 18.6 Å². The van der Waals surface area contributed by atoms with Gasteiger partial charge in [0.25, 0.3) is 0 Å². The molecule has 2 atom stereocenters. The maximum Gasteiger partial charge on any atom is 0.243 e. The molecule has 1 amide bonds.